The predicted octanol–water partition coefficient (Wildman–Crippen LogP) is 0.678. The van der Waals surface area contributed by atoms with Gasteiger partial charge in [0, 0.05) is 7.05 Å². The molecule has 2 heterocycles. The third-order valence-electron chi connectivity index (χ3n) is 1.96. The highest BCUT2D eigenvalue weighted by Gasteiger charge is 2.19. The largest absolute Gasteiger partial charge is 0.363 e. The molecule has 2 rings (SSSR count). The molecule has 0 spiro atoms. The standard InChI is InChI=1S/C8H6Cl2N6O/c1-16-8(6(11)17)14-7(15-16)3-4(9)12-2-13-5(3)10/h2H,1H3,(H2,11,17). The second-order valence-corrected chi connectivity index (χ2v) is 3.79. The van der Waals surface area contributed by atoms with Crippen molar-refractivity contribution in [2.45, 2.75) is 0 Å². The van der Waals surface area contributed by atoms with E-state index in [-0.39, 0.29) is 27.5 Å². The van der Waals surface area contributed by atoms with E-state index in [1.807, 2.05) is 0 Å². The van der Waals surface area contributed by atoms with Crippen LogP contribution in [-0.2, 0) is 7.05 Å². The van der Waals surface area contributed by atoms with E-state index in [0.29, 0.717) is 0 Å². The molecule has 1 amide bonds. The molecule has 0 radical (unpaired) electrons. The minimum absolute atomic E-state index is 0.00372. The van der Waals surface area contributed by atoms with Crippen LogP contribution in [0, 0.1) is 0 Å². The molecule has 0 aliphatic rings. The summed E-state index contributed by atoms with van der Waals surface area (Å²) >= 11 is 11.7. The molecule has 0 aliphatic carbocycles. The zero-order valence-corrected chi connectivity index (χ0v) is 10.1. The lowest BCUT2D eigenvalue weighted by Gasteiger charge is -1.99. The Labute approximate surface area is 106 Å². The van der Waals surface area contributed by atoms with Gasteiger partial charge in [-0.25, -0.2) is 19.6 Å². The summed E-state index contributed by atoms with van der Waals surface area (Å²) in [6, 6.07) is 0. The van der Waals surface area contributed by atoms with Crippen LogP contribution in [0.15, 0.2) is 6.33 Å². The van der Waals surface area contributed by atoms with E-state index >= 15 is 0 Å². The number of carbonyl (C=O) groups is 1. The van der Waals surface area contributed by atoms with Gasteiger partial charge in [0.05, 0.1) is 5.56 Å². The predicted molar refractivity (Wildman–Crippen MR) is 60.6 cm³/mol. The summed E-state index contributed by atoms with van der Waals surface area (Å²) in [4.78, 5) is 22.5. The number of hydrogen-bond acceptors (Lipinski definition) is 5. The van der Waals surface area contributed by atoms with E-state index in [1.165, 1.54) is 18.1 Å². The van der Waals surface area contributed by atoms with Gasteiger partial charge in [-0.3, -0.25) is 4.79 Å². The Morgan fingerprint density at radius 2 is 1.94 bits per heavy atom. The van der Waals surface area contributed by atoms with Crippen LogP contribution in [0.1, 0.15) is 10.6 Å². The smallest absolute Gasteiger partial charge is 0.286 e. The number of aromatic nitrogens is 5. The Hall–Kier alpha value is -1.73. The van der Waals surface area contributed by atoms with E-state index in [9.17, 15) is 4.79 Å². The van der Waals surface area contributed by atoms with Crippen LogP contribution in [0.2, 0.25) is 10.3 Å². The molecule has 2 N–H and O–H groups in total. The summed E-state index contributed by atoms with van der Waals surface area (Å²) < 4.78 is 1.23. The summed E-state index contributed by atoms with van der Waals surface area (Å²) in [5.41, 5.74) is 5.39. The Morgan fingerprint density at radius 3 is 2.41 bits per heavy atom. The average Bonchev–Trinajstić information content (AvgIpc) is 2.60. The lowest BCUT2D eigenvalue weighted by molar-refractivity contribution is 0.0986. The number of hydrogen-bond donors (Lipinski definition) is 1. The third kappa shape index (κ3) is 2.06. The SMILES string of the molecule is Cn1nc(-c2c(Cl)ncnc2Cl)nc1C(N)=O. The number of rotatable bonds is 2. The van der Waals surface area contributed by atoms with Crippen LogP contribution in [0.3, 0.4) is 0 Å². The Morgan fingerprint density at radius 1 is 1.35 bits per heavy atom. The second-order valence-electron chi connectivity index (χ2n) is 3.08. The van der Waals surface area contributed by atoms with Gasteiger partial charge in [-0.2, -0.15) is 5.10 Å². The molecule has 0 saturated heterocycles. The number of nitrogens with two attached hydrogens (primary N) is 1. The molecule has 2 aromatic rings. The minimum atomic E-state index is -0.699. The van der Waals surface area contributed by atoms with Crippen molar-refractivity contribution in [3.05, 3.63) is 22.5 Å². The molecule has 0 aliphatic heterocycles. The topological polar surface area (TPSA) is 99.6 Å². The number of halogens is 2. The zero-order chi connectivity index (χ0) is 12.6. The molecular formula is C8H6Cl2N6O. The normalized spacial score (nSPS) is 10.5. The molecule has 88 valence electrons. The lowest BCUT2D eigenvalue weighted by Crippen LogP contribution is -2.16. The molecule has 9 heteroatoms. The summed E-state index contributed by atoms with van der Waals surface area (Å²) in [6.07, 6.45) is 1.21. The monoisotopic (exact) mass is 272 g/mol. The molecule has 7 nitrogen and oxygen atoms in total. The molecule has 0 fully saturated rings. The Balaban J connectivity index is 2.62. The maximum atomic E-state index is 11.0. The average molecular weight is 273 g/mol. The molecule has 17 heavy (non-hydrogen) atoms. The molecule has 0 unspecified atom stereocenters. The van der Waals surface area contributed by atoms with Gasteiger partial charge >= 0.3 is 0 Å². The fraction of sp³-hybridized carbons (Fsp3) is 0.125. The third-order valence-corrected chi connectivity index (χ3v) is 2.53. The van der Waals surface area contributed by atoms with Crippen LogP contribution in [0.4, 0.5) is 0 Å². The molecular weight excluding hydrogens is 267 g/mol. The second kappa shape index (κ2) is 4.27. The van der Waals surface area contributed by atoms with Crippen LogP contribution in [0.25, 0.3) is 11.4 Å². The van der Waals surface area contributed by atoms with Gasteiger partial charge in [0.1, 0.15) is 16.6 Å². The van der Waals surface area contributed by atoms with Crippen molar-refractivity contribution in [1.29, 1.82) is 0 Å². The first kappa shape index (κ1) is 11.7. The van der Waals surface area contributed by atoms with Crippen LogP contribution >= 0.6 is 23.2 Å². The summed E-state index contributed by atoms with van der Waals surface area (Å²) in [6.45, 7) is 0. The number of primary amides is 1. The fourth-order valence-electron chi connectivity index (χ4n) is 1.23. The van der Waals surface area contributed by atoms with Gasteiger partial charge in [-0.1, -0.05) is 23.2 Å². The highest BCUT2D eigenvalue weighted by molar-refractivity contribution is 6.37. The minimum Gasteiger partial charge on any atom is -0.363 e. The zero-order valence-electron chi connectivity index (χ0n) is 8.55. The molecule has 0 bridgehead atoms. The van der Waals surface area contributed by atoms with Crippen LogP contribution < -0.4 is 5.73 Å². The van der Waals surface area contributed by atoms with Crippen molar-refractivity contribution < 1.29 is 4.79 Å². The van der Waals surface area contributed by atoms with Gasteiger partial charge < -0.3 is 5.73 Å². The van der Waals surface area contributed by atoms with Crippen molar-refractivity contribution in [3.63, 3.8) is 0 Å². The first-order valence-corrected chi connectivity index (χ1v) is 5.13. The Bertz CT molecular complexity index is 575. The van der Waals surface area contributed by atoms with Crippen molar-refractivity contribution in [3.8, 4) is 11.4 Å². The van der Waals surface area contributed by atoms with Gasteiger partial charge in [-0.15, -0.1) is 0 Å². The highest BCUT2D eigenvalue weighted by Crippen LogP contribution is 2.28. The lowest BCUT2D eigenvalue weighted by atomic mass is 10.3. The Kier molecular flexibility index (Phi) is 2.95. The first-order valence-electron chi connectivity index (χ1n) is 4.38. The highest BCUT2D eigenvalue weighted by atomic mass is 35.5. The van der Waals surface area contributed by atoms with Gasteiger partial charge in [0.2, 0.25) is 5.82 Å². The maximum absolute atomic E-state index is 11.0. The van der Waals surface area contributed by atoms with Gasteiger partial charge in [-0.05, 0) is 0 Å². The number of amides is 1. The quantitative estimate of drug-likeness (QED) is 0.811. The van der Waals surface area contributed by atoms with Crippen molar-refractivity contribution >= 4 is 29.1 Å². The van der Waals surface area contributed by atoms with Crippen molar-refractivity contribution in [2.24, 2.45) is 12.8 Å². The van der Waals surface area contributed by atoms with Crippen molar-refractivity contribution in [1.82, 2.24) is 24.7 Å². The van der Waals surface area contributed by atoms with E-state index < -0.39 is 5.91 Å². The molecule has 0 aromatic carbocycles. The van der Waals surface area contributed by atoms with E-state index in [4.69, 9.17) is 28.9 Å². The molecule has 2 aromatic heterocycles. The number of nitrogens with zero attached hydrogens (tertiary/aromatic N) is 5. The molecule has 0 saturated carbocycles. The number of aryl methyl sites for hydroxylation is 1. The van der Waals surface area contributed by atoms with E-state index in [1.54, 1.807) is 0 Å². The summed E-state index contributed by atoms with van der Waals surface area (Å²) in [7, 11) is 1.53. The summed E-state index contributed by atoms with van der Waals surface area (Å²) in [5.74, 6) is -0.553. The van der Waals surface area contributed by atoms with Crippen molar-refractivity contribution in [2.75, 3.05) is 0 Å². The van der Waals surface area contributed by atoms with Crippen LogP contribution in [0.5, 0.6) is 0 Å². The fourth-order valence-corrected chi connectivity index (χ4v) is 1.72. The van der Waals surface area contributed by atoms with Gasteiger partial charge in [0.25, 0.3) is 5.91 Å². The molecule has 0 atom stereocenters. The van der Waals surface area contributed by atoms with E-state index in [0.717, 1.165) is 0 Å². The number of carbonyl (C=O) groups excluding carboxylic acids is 1. The van der Waals surface area contributed by atoms with Gasteiger partial charge in [0.15, 0.2) is 5.82 Å². The first-order chi connectivity index (χ1) is 8.00. The summed E-state index contributed by atoms with van der Waals surface area (Å²) in [5, 5.41) is 4.19. The van der Waals surface area contributed by atoms with E-state index in [2.05, 4.69) is 20.1 Å². The van der Waals surface area contributed by atoms with Crippen LogP contribution in [-0.4, -0.2) is 30.6 Å². The maximum Gasteiger partial charge on any atom is 0.286 e.